The Kier molecular flexibility index (Phi) is 5.82. The van der Waals surface area contributed by atoms with Gasteiger partial charge in [0.25, 0.3) is 0 Å². The van der Waals surface area contributed by atoms with Crippen LogP contribution < -0.4 is 5.32 Å². The molecule has 1 aliphatic rings. The molecule has 198 valence electrons. The highest BCUT2D eigenvalue weighted by molar-refractivity contribution is 6.26. The van der Waals surface area contributed by atoms with Gasteiger partial charge in [0.2, 0.25) is 0 Å². The van der Waals surface area contributed by atoms with Crippen molar-refractivity contribution in [2.24, 2.45) is 0 Å². The van der Waals surface area contributed by atoms with Crippen molar-refractivity contribution in [1.29, 1.82) is 0 Å². The summed E-state index contributed by atoms with van der Waals surface area (Å²) in [5, 5.41) is 10.8. The van der Waals surface area contributed by atoms with E-state index in [1.54, 1.807) is 0 Å². The number of hydrogen-bond acceptors (Lipinski definition) is 4. The summed E-state index contributed by atoms with van der Waals surface area (Å²) in [6, 6.07) is 36.6. The summed E-state index contributed by atoms with van der Waals surface area (Å²) >= 11 is 0. The van der Waals surface area contributed by atoms with Crippen LogP contribution in [0.5, 0.6) is 0 Å². The van der Waals surface area contributed by atoms with Crippen LogP contribution in [0.25, 0.3) is 66.1 Å². The average Bonchev–Trinajstić information content (AvgIpc) is 3.09. The number of nitrogens with zero attached hydrogens (tertiary/aromatic N) is 3. The Morgan fingerprint density at radius 3 is 1.67 bits per heavy atom. The Hall–Kier alpha value is -5.61. The van der Waals surface area contributed by atoms with Gasteiger partial charge in [0.05, 0.1) is 23.1 Å². The Bertz CT molecular complexity index is 2150. The first-order chi connectivity index (χ1) is 20.8. The van der Waals surface area contributed by atoms with Crippen LogP contribution in [0.4, 0.5) is 0 Å². The minimum absolute atomic E-state index is 0.147. The molecule has 0 amide bonds. The van der Waals surface area contributed by atoms with Crippen LogP contribution in [0.1, 0.15) is 11.6 Å². The molecule has 4 aromatic carbocycles. The van der Waals surface area contributed by atoms with Gasteiger partial charge in [-0.15, -0.1) is 0 Å². The second kappa shape index (κ2) is 10.1. The van der Waals surface area contributed by atoms with E-state index in [0.29, 0.717) is 0 Å². The predicted octanol–water partition coefficient (Wildman–Crippen LogP) is 9.05. The zero-order valence-corrected chi connectivity index (χ0v) is 22.8. The maximum atomic E-state index is 4.86. The third-order valence-corrected chi connectivity index (χ3v) is 8.08. The van der Waals surface area contributed by atoms with Crippen molar-refractivity contribution in [3.05, 3.63) is 152 Å². The standard InChI is InChI=1S/C38H26N4/c1-2-8-30-29(7-1)31-15-11-25(37-17-13-27(23-41-37)35-9-3-5-19-39-35)21-33(31)34-22-26(12-16-32(30)34)38-18-14-28(24-42-38)36-10-4-6-20-40-36/h1-24,35,39H. The number of nitrogens with one attached hydrogen (secondary N) is 1. The molecule has 7 aromatic rings. The molecule has 0 saturated heterocycles. The monoisotopic (exact) mass is 538 g/mol. The van der Waals surface area contributed by atoms with E-state index in [4.69, 9.17) is 9.97 Å². The van der Waals surface area contributed by atoms with Crippen molar-refractivity contribution >= 4 is 32.3 Å². The van der Waals surface area contributed by atoms with E-state index >= 15 is 0 Å². The van der Waals surface area contributed by atoms with E-state index in [-0.39, 0.29) is 6.04 Å². The number of fused-ring (bicyclic) bond motifs is 6. The van der Waals surface area contributed by atoms with E-state index in [0.717, 1.165) is 39.3 Å². The fourth-order valence-electron chi connectivity index (χ4n) is 5.94. The first kappa shape index (κ1) is 24.2. The molecular weight excluding hydrogens is 512 g/mol. The number of aromatic nitrogens is 3. The van der Waals surface area contributed by atoms with Gasteiger partial charge >= 0.3 is 0 Å². The lowest BCUT2D eigenvalue weighted by Gasteiger charge is -2.16. The lowest BCUT2D eigenvalue weighted by atomic mass is 9.91. The molecular formula is C38H26N4. The van der Waals surface area contributed by atoms with Crippen LogP contribution in [0, 0.1) is 0 Å². The average molecular weight is 539 g/mol. The second-order valence-corrected chi connectivity index (χ2v) is 10.6. The highest BCUT2D eigenvalue weighted by atomic mass is 14.9. The molecule has 1 N–H and O–H groups in total. The zero-order chi connectivity index (χ0) is 27.9. The number of allylic oxidation sites excluding steroid dienone is 2. The molecule has 4 nitrogen and oxygen atoms in total. The highest BCUT2D eigenvalue weighted by Gasteiger charge is 2.13. The Balaban J connectivity index is 1.25. The number of dihydropyridines is 1. The molecule has 1 atom stereocenters. The minimum atomic E-state index is 0.147. The van der Waals surface area contributed by atoms with Crippen LogP contribution in [0.2, 0.25) is 0 Å². The summed E-state index contributed by atoms with van der Waals surface area (Å²) < 4.78 is 0. The molecule has 0 saturated carbocycles. The highest BCUT2D eigenvalue weighted by Crippen LogP contribution is 2.38. The molecule has 0 spiro atoms. The van der Waals surface area contributed by atoms with E-state index in [1.165, 1.54) is 32.3 Å². The summed E-state index contributed by atoms with van der Waals surface area (Å²) in [4.78, 5) is 14.1. The minimum Gasteiger partial charge on any atom is -0.381 e. The molecule has 0 radical (unpaired) electrons. The first-order valence-electron chi connectivity index (χ1n) is 14.1. The van der Waals surface area contributed by atoms with E-state index in [2.05, 4.69) is 107 Å². The van der Waals surface area contributed by atoms with Gasteiger partial charge in [-0.2, -0.15) is 0 Å². The van der Waals surface area contributed by atoms with Gasteiger partial charge in [0, 0.05) is 35.3 Å². The van der Waals surface area contributed by atoms with E-state index < -0.39 is 0 Å². The molecule has 1 unspecified atom stereocenters. The van der Waals surface area contributed by atoms with Crippen molar-refractivity contribution in [2.75, 3.05) is 0 Å². The van der Waals surface area contributed by atoms with Gasteiger partial charge in [-0.05, 0) is 92.6 Å². The Morgan fingerprint density at radius 1 is 0.476 bits per heavy atom. The predicted molar refractivity (Wildman–Crippen MR) is 173 cm³/mol. The van der Waals surface area contributed by atoms with E-state index in [9.17, 15) is 0 Å². The SMILES string of the molecule is C1=CNC(c2ccc(-c3ccc4c5ccccc5c5ccc(-c6ccc(-c7ccccn7)cn6)cc5c4c3)nc2)C=C1. The van der Waals surface area contributed by atoms with E-state index in [1.807, 2.05) is 49.1 Å². The van der Waals surface area contributed by atoms with Crippen molar-refractivity contribution in [3.8, 4) is 33.8 Å². The molecule has 3 aromatic heterocycles. The Labute approximate surface area is 243 Å². The third kappa shape index (κ3) is 4.21. The van der Waals surface area contributed by atoms with Crippen molar-refractivity contribution in [3.63, 3.8) is 0 Å². The topological polar surface area (TPSA) is 50.7 Å². The van der Waals surface area contributed by atoms with Crippen molar-refractivity contribution in [2.45, 2.75) is 6.04 Å². The van der Waals surface area contributed by atoms with Crippen LogP contribution in [-0.2, 0) is 0 Å². The molecule has 4 heterocycles. The van der Waals surface area contributed by atoms with Gasteiger partial charge in [-0.1, -0.05) is 72.8 Å². The summed E-state index contributed by atoms with van der Waals surface area (Å²) in [7, 11) is 0. The van der Waals surface area contributed by atoms with Crippen LogP contribution in [0.15, 0.2) is 146 Å². The number of benzene rings is 4. The quantitative estimate of drug-likeness (QED) is 0.227. The van der Waals surface area contributed by atoms with Crippen LogP contribution >= 0.6 is 0 Å². The molecule has 42 heavy (non-hydrogen) atoms. The molecule has 0 fully saturated rings. The summed E-state index contributed by atoms with van der Waals surface area (Å²) in [6.45, 7) is 0. The third-order valence-electron chi connectivity index (χ3n) is 8.08. The van der Waals surface area contributed by atoms with Crippen LogP contribution in [0.3, 0.4) is 0 Å². The van der Waals surface area contributed by atoms with Gasteiger partial charge in [-0.25, -0.2) is 0 Å². The van der Waals surface area contributed by atoms with Crippen molar-refractivity contribution in [1.82, 2.24) is 20.3 Å². The van der Waals surface area contributed by atoms with Gasteiger partial charge in [0.1, 0.15) is 0 Å². The molecule has 0 aliphatic carbocycles. The fraction of sp³-hybridized carbons (Fsp3) is 0.0263. The smallest absolute Gasteiger partial charge is 0.0717 e. The van der Waals surface area contributed by atoms with Gasteiger partial charge < -0.3 is 5.32 Å². The second-order valence-electron chi connectivity index (χ2n) is 10.6. The molecule has 8 rings (SSSR count). The normalized spacial score (nSPS) is 14.4. The number of rotatable bonds is 4. The lowest BCUT2D eigenvalue weighted by Crippen LogP contribution is -2.14. The Morgan fingerprint density at radius 2 is 1.10 bits per heavy atom. The molecule has 1 aliphatic heterocycles. The maximum absolute atomic E-state index is 4.86. The van der Waals surface area contributed by atoms with Crippen LogP contribution in [-0.4, -0.2) is 15.0 Å². The molecule has 4 heteroatoms. The summed E-state index contributed by atoms with van der Waals surface area (Å²) in [5.74, 6) is 0. The van der Waals surface area contributed by atoms with Crippen molar-refractivity contribution < 1.29 is 0 Å². The molecule has 0 bridgehead atoms. The summed E-state index contributed by atoms with van der Waals surface area (Å²) in [5.41, 5.74) is 7.15. The maximum Gasteiger partial charge on any atom is 0.0717 e. The summed E-state index contributed by atoms with van der Waals surface area (Å²) in [6.07, 6.45) is 13.9. The fourth-order valence-corrected chi connectivity index (χ4v) is 5.94. The van der Waals surface area contributed by atoms with Gasteiger partial charge in [0.15, 0.2) is 0 Å². The number of pyridine rings is 3. The van der Waals surface area contributed by atoms with Gasteiger partial charge in [-0.3, -0.25) is 15.0 Å². The first-order valence-corrected chi connectivity index (χ1v) is 14.1. The lowest BCUT2D eigenvalue weighted by molar-refractivity contribution is 0.743. The largest absolute Gasteiger partial charge is 0.381 e. The number of hydrogen-bond donors (Lipinski definition) is 1. The zero-order valence-electron chi connectivity index (χ0n) is 22.8.